The van der Waals surface area contributed by atoms with E-state index < -0.39 is 6.10 Å². The van der Waals surface area contributed by atoms with Crippen molar-refractivity contribution in [1.82, 2.24) is 14.5 Å². The van der Waals surface area contributed by atoms with Crippen molar-refractivity contribution >= 4 is 16.9 Å². The molecule has 0 aliphatic heterocycles. The summed E-state index contributed by atoms with van der Waals surface area (Å²) in [4.78, 5) is 21.2. The van der Waals surface area contributed by atoms with Crippen LogP contribution in [0.2, 0.25) is 0 Å². The minimum Gasteiger partial charge on any atom is -0.460 e. The van der Waals surface area contributed by atoms with Crippen LogP contribution in [-0.4, -0.2) is 31.8 Å². The van der Waals surface area contributed by atoms with Gasteiger partial charge in [-0.25, -0.2) is 0 Å². The topological polar surface area (TPSA) is 103 Å². The normalized spacial score (nSPS) is 31.3. The van der Waals surface area contributed by atoms with E-state index in [1.807, 2.05) is 4.57 Å². The Bertz CT molecular complexity index is 897. The van der Waals surface area contributed by atoms with Gasteiger partial charge in [-0.05, 0) is 50.4 Å². The zero-order chi connectivity index (χ0) is 19.1. The van der Waals surface area contributed by atoms with Gasteiger partial charge in [0.25, 0.3) is 0 Å². The van der Waals surface area contributed by atoms with Gasteiger partial charge >= 0.3 is 6.01 Å². The third kappa shape index (κ3) is 3.40. The second-order valence-electron chi connectivity index (χ2n) is 8.29. The Hall–Kier alpha value is -2.15. The zero-order valence-electron chi connectivity index (χ0n) is 16.0. The fourth-order valence-electron chi connectivity index (χ4n) is 4.68. The molecule has 0 saturated heterocycles. The molecule has 7 nitrogen and oxygen atoms in total. The lowest BCUT2D eigenvalue weighted by Gasteiger charge is -2.32. The van der Waals surface area contributed by atoms with Crippen LogP contribution in [-0.2, 0) is 0 Å². The largest absolute Gasteiger partial charge is 0.460 e. The standard InChI is InChI=1S/C20H28N4O3/c1-11-6-7-16(12(2)10-11)27-20-22-18(21)17-15(26)8-9-24(19(17)23-20)13-4-3-5-14(13)25/h8-9,11-14,16,25H,3-7,10H2,1-2H3,(H2,21,22,23)/t11?,12?,13-,14-,16?/m0/s1. The molecular formula is C20H28N4O3. The van der Waals surface area contributed by atoms with Crippen LogP contribution in [0, 0.1) is 11.8 Å². The molecule has 3 N–H and O–H groups in total. The molecule has 2 aliphatic rings. The van der Waals surface area contributed by atoms with Gasteiger partial charge < -0.3 is 20.1 Å². The Balaban J connectivity index is 1.74. The first-order valence-electron chi connectivity index (χ1n) is 9.97. The van der Waals surface area contributed by atoms with Crippen LogP contribution in [0.1, 0.15) is 58.4 Å². The Morgan fingerprint density at radius 3 is 2.74 bits per heavy atom. The number of rotatable bonds is 3. The van der Waals surface area contributed by atoms with Gasteiger partial charge in [0.1, 0.15) is 17.3 Å². The number of pyridine rings is 1. The maximum Gasteiger partial charge on any atom is 0.320 e. The number of hydrogen-bond acceptors (Lipinski definition) is 6. The van der Waals surface area contributed by atoms with E-state index in [9.17, 15) is 9.90 Å². The Labute approximate surface area is 158 Å². The minimum absolute atomic E-state index is 0.0546. The molecule has 2 aromatic rings. The summed E-state index contributed by atoms with van der Waals surface area (Å²) < 4.78 is 7.98. The summed E-state index contributed by atoms with van der Waals surface area (Å²) in [5, 5.41) is 10.6. The molecular weight excluding hydrogens is 344 g/mol. The van der Waals surface area contributed by atoms with Crippen LogP contribution in [0.3, 0.4) is 0 Å². The van der Waals surface area contributed by atoms with Crippen molar-refractivity contribution in [1.29, 1.82) is 0 Å². The van der Waals surface area contributed by atoms with Crippen LogP contribution in [0.15, 0.2) is 17.1 Å². The van der Waals surface area contributed by atoms with Crippen molar-refractivity contribution in [2.45, 2.75) is 70.6 Å². The van der Waals surface area contributed by atoms with Crippen LogP contribution in [0.25, 0.3) is 11.0 Å². The summed E-state index contributed by atoms with van der Waals surface area (Å²) in [7, 11) is 0. The number of aliphatic hydroxyl groups excluding tert-OH is 1. The summed E-state index contributed by atoms with van der Waals surface area (Å²) in [6, 6.07) is 1.58. The molecule has 7 heteroatoms. The number of ether oxygens (including phenoxy) is 1. The van der Waals surface area contributed by atoms with Crippen molar-refractivity contribution in [3.63, 3.8) is 0 Å². The number of hydrogen-bond donors (Lipinski definition) is 2. The van der Waals surface area contributed by atoms with E-state index in [1.54, 1.807) is 6.20 Å². The van der Waals surface area contributed by atoms with Gasteiger partial charge in [-0.2, -0.15) is 9.97 Å². The molecule has 2 saturated carbocycles. The second-order valence-corrected chi connectivity index (χ2v) is 8.29. The highest BCUT2D eigenvalue weighted by Crippen LogP contribution is 2.34. The first-order valence-corrected chi connectivity index (χ1v) is 9.97. The molecule has 2 aromatic heterocycles. The number of anilines is 1. The smallest absolute Gasteiger partial charge is 0.320 e. The number of aromatic nitrogens is 3. The minimum atomic E-state index is -0.448. The predicted molar refractivity (Wildman–Crippen MR) is 104 cm³/mol. The Kier molecular flexibility index (Phi) is 4.80. The first kappa shape index (κ1) is 18.2. The summed E-state index contributed by atoms with van der Waals surface area (Å²) in [5.41, 5.74) is 6.36. The second kappa shape index (κ2) is 7.11. The lowest BCUT2D eigenvalue weighted by atomic mass is 9.81. The molecule has 146 valence electrons. The summed E-state index contributed by atoms with van der Waals surface area (Å²) in [6.07, 6.45) is 7.05. The fourth-order valence-corrected chi connectivity index (χ4v) is 4.68. The Morgan fingerprint density at radius 2 is 2.04 bits per heavy atom. The van der Waals surface area contributed by atoms with Crippen molar-refractivity contribution in [3.8, 4) is 6.01 Å². The van der Waals surface area contributed by atoms with Gasteiger partial charge in [-0.1, -0.05) is 13.8 Å². The molecule has 3 unspecified atom stereocenters. The van der Waals surface area contributed by atoms with Gasteiger partial charge in [-0.3, -0.25) is 4.79 Å². The molecule has 4 rings (SSSR count). The quantitative estimate of drug-likeness (QED) is 0.858. The zero-order valence-corrected chi connectivity index (χ0v) is 16.0. The van der Waals surface area contributed by atoms with Gasteiger partial charge in [0, 0.05) is 12.3 Å². The average Bonchev–Trinajstić information content (AvgIpc) is 3.03. The molecule has 0 bridgehead atoms. The molecule has 2 aliphatic carbocycles. The predicted octanol–water partition coefficient (Wildman–Crippen LogP) is 2.66. The third-order valence-electron chi connectivity index (χ3n) is 6.19. The highest BCUT2D eigenvalue weighted by molar-refractivity contribution is 5.85. The number of nitrogen functional groups attached to an aromatic ring is 1. The van der Waals surface area contributed by atoms with Crippen LogP contribution < -0.4 is 15.9 Å². The number of nitrogens with two attached hydrogens (primary N) is 1. The first-order chi connectivity index (χ1) is 12.9. The summed E-state index contributed by atoms with van der Waals surface area (Å²) in [6.45, 7) is 4.46. The van der Waals surface area contributed by atoms with Crippen molar-refractivity contribution in [3.05, 3.63) is 22.5 Å². The summed E-state index contributed by atoms with van der Waals surface area (Å²) in [5.74, 6) is 1.26. The highest BCUT2D eigenvalue weighted by atomic mass is 16.5. The van der Waals surface area contributed by atoms with E-state index in [-0.39, 0.29) is 29.4 Å². The molecule has 0 amide bonds. The number of nitrogens with zero attached hydrogens (tertiary/aromatic N) is 3. The van der Waals surface area contributed by atoms with E-state index >= 15 is 0 Å². The van der Waals surface area contributed by atoms with Crippen LogP contribution in [0.5, 0.6) is 6.01 Å². The van der Waals surface area contributed by atoms with E-state index in [0.717, 1.165) is 38.5 Å². The van der Waals surface area contributed by atoms with Crippen LogP contribution in [0.4, 0.5) is 5.82 Å². The molecule has 2 heterocycles. The monoisotopic (exact) mass is 372 g/mol. The maximum atomic E-state index is 12.4. The Morgan fingerprint density at radius 1 is 1.22 bits per heavy atom. The molecule has 2 fully saturated rings. The van der Waals surface area contributed by atoms with Gasteiger partial charge in [-0.15, -0.1) is 0 Å². The number of aliphatic hydroxyl groups is 1. The van der Waals surface area contributed by atoms with E-state index in [2.05, 4.69) is 23.8 Å². The summed E-state index contributed by atoms with van der Waals surface area (Å²) >= 11 is 0. The molecule has 5 atom stereocenters. The maximum absolute atomic E-state index is 12.4. The molecule has 27 heavy (non-hydrogen) atoms. The van der Waals surface area contributed by atoms with Crippen LogP contribution >= 0.6 is 0 Å². The van der Waals surface area contributed by atoms with Crippen molar-refractivity contribution in [2.24, 2.45) is 11.8 Å². The van der Waals surface area contributed by atoms with Gasteiger partial charge in [0.2, 0.25) is 0 Å². The molecule has 0 aromatic carbocycles. The SMILES string of the molecule is CC1CCC(Oc2nc(N)c3c(=O)ccn([C@H]4CCC[C@@H]4O)c3n2)C(C)C1. The number of fused-ring (bicyclic) bond motifs is 1. The lowest BCUT2D eigenvalue weighted by molar-refractivity contribution is 0.0740. The fraction of sp³-hybridized carbons (Fsp3) is 0.650. The van der Waals surface area contributed by atoms with Gasteiger partial charge in [0.15, 0.2) is 11.1 Å². The van der Waals surface area contributed by atoms with E-state index in [1.165, 1.54) is 6.07 Å². The van der Waals surface area contributed by atoms with Crippen molar-refractivity contribution < 1.29 is 9.84 Å². The molecule has 0 spiro atoms. The molecule has 0 radical (unpaired) electrons. The third-order valence-corrected chi connectivity index (χ3v) is 6.19. The lowest BCUT2D eigenvalue weighted by Crippen LogP contribution is -2.32. The van der Waals surface area contributed by atoms with Gasteiger partial charge in [0.05, 0.1) is 12.1 Å². The highest BCUT2D eigenvalue weighted by Gasteiger charge is 2.30. The van der Waals surface area contributed by atoms with E-state index in [4.69, 9.17) is 10.5 Å². The average molecular weight is 372 g/mol. The van der Waals surface area contributed by atoms with E-state index in [0.29, 0.717) is 22.9 Å². The van der Waals surface area contributed by atoms with Crippen molar-refractivity contribution in [2.75, 3.05) is 5.73 Å².